The first kappa shape index (κ1) is 21.4. The van der Waals surface area contributed by atoms with Gasteiger partial charge in [0, 0.05) is 6.42 Å². The summed E-state index contributed by atoms with van der Waals surface area (Å²) in [6, 6.07) is 14.8. The Kier molecular flexibility index (Phi) is 6.02. The zero-order valence-electron chi connectivity index (χ0n) is 18.2. The summed E-state index contributed by atoms with van der Waals surface area (Å²) in [5.41, 5.74) is 0.209. The van der Waals surface area contributed by atoms with Crippen molar-refractivity contribution in [2.45, 2.75) is 76.7 Å². The van der Waals surface area contributed by atoms with Crippen LogP contribution in [0, 0.1) is 0 Å². The van der Waals surface area contributed by atoms with Gasteiger partial charge in [-0.15, -0.1) is 0 Å². The Hall–Kier alpha value is -1.28. The van der Waals surface area contributed by atoms with Crippen LogP contribution in [0.15, 0.2) is 42.5 Å². The summed E-state index contributed by atoms with van der Waals surface area (Å²) in [6.45, 7) is 13.1. The molecular weight excluding hydrogens is 380 g/mol. The number of carbonyl (C=O) groups excluding carboxylic acids is 1. The minimum Gasteiger partial charge on any atom is -0.407 e. The second kappa shape index (κ2) is 7.86. The Morgan fingerprint density at radius 3 is 2.18 bits per heavy atom. The average molecular weight is 415 g/mol. The van der Waals surface area contributed by atoms with E-state index in [2.05, 4.69) is 81.7 Å². The third-order valence-corrected chi connectivity index (χ3v) is 7.05. The van der Waals surface area contributed by atoms with Crippen LogP contribution in [-0.2, 0) is 13.6 Å². The Morgan fingerprint density at radius 2 is 1.57 bits per heavy atom. The highest BCUT2D eigenvalue weighted by Crippen LogP contribution is 2.45. The van der Waals surface area contributed by atoms with Crippen molar-refractivity contribution < 1.29 is 13.6 Å². The third kappa shape index (κ3) is 4.82. The van der Waals surface area contributed by atoms with Crippen LogP contribution in [0.25, 0.3) is 10.8 Å². The van der Waals surface area contributed by atoms with E-state index in [0.29, 0.717) is 6.42 Å². The van der Waals surface area contributed by atoms with Gasteiger partial charge in [-0.1, -0.05) is 36.4 Å². The maximum atomic E-state index is 13.4. The van der Waals surface area contributed by atoms with Crippen LogP contribution < -0.4 is 0 Å². The van der Waals surface area contributed by atoms with Gasteiger partial charge in [0.2, 0.25) is 0 Å². The van der Waals surface area contributed by atoms with Gasteiger partial charge >= 0.3 is 0 Å². The lowest BCUT2D eigenvalue weighted by atomic mass is 9.77. The van der Waals surface area contributed by atoms with E-state index in [1.54, 1.807) is 0 Å². The fourth-order valence-corrected chi connectivity index (χ4v) is 6.62. The third-order valence-electron chi connectivity index (χ3n) is 5.13. The highest BCUT2D eigenvalue weighted by atomic mass is 28.4. The number of Topliss-reactive ketones (excluding diaryl/α,β-unsaturated/α-hetero) is 1. The molecule has 0 amide bonds. The molecule has 152 valence electrons. The SMILES string of the molecule is C[Si](C)(C)O[C@@H](c1ccc2ccccc2c1)[C@@]1(O[Si](C)(C)C)CCCCC1=O. The van der Waals surface area contributed by atoms with Gasteiger partial charge in [-0.2, -0.15) is 0 Å². The number of hydrogen-bond donors (Lipinski definition) is 0. The molecule has 1 fully saturated rings. The molecule has 0 aromatic heterocycles. The maximum Gasteiger partial charge on any atom is 0.185 e. The van der Waals surface area contributed by atoms with Gasteiger partial charge < -0.3 is 8.85 Å². The molecule has 0 N–H and O–H groups in total. The first-order valence-corrected chi connectivity index (χ1v) is 17.2. The molecule has 0 heterocycles. The molecule has 0 aliphatic heterocycles. The number of carbonyl (C=O) groups is 1. The summed E-state index contributed by atoms with van der Waals surface area (Å²) >= 11 is 0. The second-order valence-corrected chi connectivity index (χ2v) is 18.8. The predicted octanol–water partition coefficient (Wildman–Crippen LogP) is 6.47. The van der Waals surface area contributed by atoms with Crippen molar-refractivity contribution in [1.29, 1.82) is 0 Å². The van der Waals surface area contributed by atoms with Crippen molar-refractivity contribution in [3.63, 3.8) is 0 Å². The zero-order chi connectivity index (χ0) is 20.6. The Labute approximate surface area is 171 Å². The Bertz CT molecular complexity index is 851. The first-order chi connectivity index (χ1) is 13.0. The van der Waals surface area contributed by atoms with Crippen LogP contribution in [0.5, 0.6) is 0 Å². The summed E-state index contributed by atoms with van der Waals surface area (Å²) in [7, 11) is -3.89. The van der Waals surface area contributed by atoms with Crippen molar-refractivity contribution in [1.82, 2.24) is 0 Å². The van der Waals surface area contributed by atoms with Crippen molar-refractivity contribution in [3.8, 4) is 0 Å². The second-order valence-electron chi connectivity index (χ2n) is 9.95. The van der Waals surface area contributed by atoms with Crippen LogP contribution in [0.4, 0.5) is 0 Å². The van der Waals surface area contributed by atoms with E-state index in [1.807, 2.05) is 0 Å². The number of rotatable bonds is 6. The fourth-order valence-electron chi connectivity index (χ4n) is 4.17. The van der Waals surface area contributed by atoms with E-state index in [-0.39, 0.29) is 11.9 Å². The molecule has 5 heteroatoms. The predicted molar refractivity (Wildman–Crippen MR) is 122 cm³/mol. The van der Waals surface area contributed by atoms with E-state index in [9.17, 15) is 4.79 Å². The topological polar surface area (TPSA) is 35.5 Å². The van der Waals surface area contributed by atoms with Gasteiger partial charge in [-0.25, -0.2) is 0 Å². The first-order valence-electron chi connectivity index (χ1n) is 10.4. The number of fused-ring (bicyclic) bond motifs is 1. The largest absolute Gasteiger partial charge is 0.407 e. The molecule has 0 radical (unpaired) electrons. The summed E-state index contributed by atoms with van der Waals surface area (Å²) in [5.74, 6) is 0.220. The van der Waals surface area contributed by atoms with E-state index in [1.165, 1.54) is 10.8 Å². The highest BCUT2D eigenvalue weighted by Gasteiger charge is 2.52. The summed E-state index contributed by atoms with van der Waals surface area (Å²) < 4.78 is 13.5. The molecule has 0 saturated heterocycles. The van der Waals surface area contributed by atoms with E-state index >= 15 is 0 Å². The highest BCUT2D eigenvalue weighted by molar-refractivity contribution is 6.70. The Morgan fingerprint density at radius 1 is 0.893 bits per heavy atom. The van der Waals surface area contributed by atoms with Crippen LogP contribution in [0.1, 0.15) is 37.4 Å². The smallest absolute Gasteiger partial charge is 0.185 e. The van der Waals surface area contributed by atoms with Crippen molar-refractivity contribution in [3.05, 3.63) is 48.0 Å². The van der Waals surface area contributed by atoms with Crippen LogP contribution in [0.3, 0.4) is 0 Å². The van der Waals surface area contributed by atoms with Crippen molar-refractivity contribution in [2.75, 3.05) is 0 Å². The molecule has 2 aromatic carbocycles. The molecule has 0 spiro atoms. The van der Waals surface area contributed by atoms with Crippen LogP contribution in [0.2, 0.25) is 39.3 Å². The summed E-state index contributed by atoms with van der Waals surface area (Å²) in [5, 5.41) is 2.38. The molecule has 1 aliphatic carbocycles. The molecule has 0 bridgehead atoms. The molecule has 3 nitrogen and oxygen atoms in total. The molecule has 2 atom stereocenters. The number of hydrogen-bond acceptors (Lipinski definition) is 3. The lowest BCUT2D eigenvalue weighted by Gasteiger charge is -2.47. The standard InChI is InChI=1S/C23H34O3Si2/c1-27(2,3)25-22(20-15-14-18-11-7-8-12-19(18)17-20)23(26-28(4,5)6)16-10-9-13-21(23)24/h7-8,11-12,14-15,17,22H,9-10,13,16H2,1-6H3/t22-,23+/m0/s1. The van der Waals surface area contributed by atoms with Gasteiger partial charge in [-0.05, 0) is 80.9 Å². The van der Waals surface area contributed by atoms with Crippen LogP contribution in [-0.4, -0.2) is 28.0 Å². The summed E-state index contributed by atoms with van der Waals surface area (Å²) in [4.78, 5) is 13.4. The lowest BCUT2D eigenvalue weighted by molar-refractivity contribution is -0.151. The molecule has 2 aromatic rings. The molecule has 1 saturated carbocycles. The maximum absolute atomic E-state index is 13.4. The van der Waals surface area contributed by atoms with Gasteiger partial charge in [0.15, 0.2) is 22.4 Å². The van der Waals surface area contributed by atoms with E-state index < -0.39 is 22.2 Å². The number of benzene rings is 2. The Balaban J connectivity index is 2.16. The minimum atomic E-state index is -1.97. The van der Waals surface area contributed by atoms with Crippen molar-refractivity contribution >= 4 is 33.2 Å². The fraction of sp³-hybridized carbons (Fsp3) is 0.522. The van der Waals surface area contributed by atoms with Gasteiger partial charge in [0.05, 0.1) is 0 Å². The van der Waals surface area contributed by atoms with E-state index in [0.717, 1.165) is 24.8 Å². The number of ketones is 1. The normalized spacial score (nSPS) is 22.4. The monoisotopic (exact) mass is 414 g/mol. The lowest BCUT2D eigenvalue weighted by Crippen LogP contribution is -2.56. The minimum absolute atomic E-state index is 0.220. The molecular formula is C23H34O3Si2. The quantitative estimate of drug-likeness (QED) is 0.508. The molecule has 3 rings (SSSR count). The van der Waals surface area contributed by atoms with Crippen molar-refractivity contribution in [2.24, 2.45) is 0 Å². The molecule has 0 unspecified atom stereocenters. The average Bonchev–Trinajstić information content (AvgIpc) is 2.59. The van der Waals surface area contributed by atoms with Gasteiger partial charge in [-0.3, -0.25) is 4.79 Å². The van der Waals surface area contributed by atoms with Crippen LogP contribution >= 0.6 is 0 Å². The summed E-state index contributed by atoms with van der Waals surface area (Å²) in [6.07, 6.45) is 2.95. The van der Waals surface area contributed by atoms with E-state index in [4.69, 9.17) is 8.85 Å². The zero-order valence-corrected chi connectivity index (χ0v) is 20.2. The van der Waals surface area contributed by atoms with Gasteiger partial charge in [0.1, 0.15) is 11.7 Å². The van der Waals surface area contributed by atoms with Gasteiger partial charge in [0.25, 0.3) is 0 Å². The molecule has 28 heavy (non-hydrogen) atoms. The molecule has 1 aliphatic rings.